The van der Waals surface area contributed by atoms with Crippen molar-refractivity contribution in [1.82, 2.24) is 29.4 Å². The number of aromatic nitrogens is 4. The number of aromatic hydroxyl groups is 1. The summed E-state index contributed by atoms with van der Waals surface area (Å²) in [5, 5.41) is 19.6. The highest BCUT2D eigenvalue weighted by atomic mass is 19.1. The first-order valence-electron chi connectivity index (χ1n) is 12.2. The van der Waals surface area contributed by atoms with Crippen LogP contribution in [0.1, 0.15) is 30.1 Å². The number of hydrogen-bond acceptors (Lipinski definition) is 6. The highest BCUT2D eigenvalue weighted by Crippen LogP contribution is 2.34. The monoisotopic (exact) mass is 472 g/mol. The molecule has 0 bridgehead atoms. The highest BCUT2D eigenvalue weighted by molar-refractivity contribution is 5.74. The van der Waals surface area contributed by atoms with Gasteiger partial charge < -0.3 is 14.4 Å². The van der Waals surface area contributed by atoms with Crippen molar-refractivity contribution in [2.45, 2.75) is 31.7 Å². The standard InChI is InChI=1S/C27H29FN6O/c1-17-13-34-14-19(11-23(28)27(34)29-17)18-3-4-22(26(35)12-18)25-6-5-24(30-31-25)20-15-33(16-20)21-7-9-32(2)10-8-21/h3-6,11-14,20-21,35H,7-10,15-16H2,1-2H3. The first kappa shape index (κ1) is 22.1. The van der Waals surface area contributed by atoms with Crippen LogP contribution in [0.2, 0.25) is 0 Å². The summed E-state index contributed by atoms with van der Waals surface area (Å²) in [7, 11) is 2.19. The van der Waals surface area contributed by atoms with Gasteiger partial charge in [-0.25, -0.2) is 9.37 Å². The van der Waals surface area contributed by atoms with Gasteiger partial charge in [-0.15, -0.1) is 0 Å². The number of likely N-dealkylation sites (tertiary alicyclic amines) is 2. The predicted molar refractivity (Wildman–Crippen MR) is 133 cm³/mol. The van der Waals surface area contributed by atoms with E-state index < -0.39 is 5.82 Å². The summed E-state index contributed by atoms with van der Waals surface area (Å²) in [6.45, 7) is 6.26. The van der Waals surface area contributed by atoms with Crippen LogP contribution in [0.25, 0.3) is 28.0 Å². The Kier molecular flexibility index (Phi) is 5.50. The molecule has 0 radical (unpaired) electrons. The van der Waals surface area contributed by atoms with E-state index >= 15 is 0 Å². The molecule has 0 amide bonds. The molecule has 2 saturated heterocycles. The summed E-state index contributed by atoms with van der Waals surface area (Å²) in [6.07, 6.45) is 6.08. The number of nitrogens with zero attached hydrogens (tertiary/aromatic N) is 6. The van der Waals surface area contributed by atoms with E-state index in [1.54, 1.807) is 22.7 Å². The van der Waals surface area contributed by atoms with Crippen LogP contribution in [-0.2, 0) is 0 Å². The first-order valence-corrected chi connectivity index (χ1v) is 12.2. The summed E-state index contributed by atoms with van der Waals surface area (Å²) < 4.78 is 16.2. The second-order valence-electron chi connectivity index (χ2n) is 9.95. The number of phenolic OH excluding ortho intramolecular Hbond substituents is 1. The van der Waals surface area contributed by atoms with Crippen molar-refractivity contribution in [3.05, 3.63) is 66.0 Å². The molecule has 0 aliphatic carbocycles. The fourth-order valence-corrected chi connectivity index (χ4v) is 5.33. The molecule has 0 unspecified atom stereocenters. The van der Waals surface area contributed by atoms with Crippen molar-refractivity contribution in [2.24, 2.45) is 0 Å². The molecule has 1 N–H and O–H groups in total. The Bertz CT molecular complexity index is 1370. The zero-order chi connectivity index (χ0) is 24.1. The summed E-state index contributed by atoms with van der Waals surface area (Å²) in [5.41, 5.74) is 4.65. The predicted octanol–water partition coefficient (Wildman–Crippen LogP) is 4.10. The van der Waals surface area contributed by atoms with Crippen molar-refractivity contribution in [3.8, 4) is 28.1 Å². The van der Waals surface area contributed by atoms with Crippen molar-refractivity contribution in [1.29, 1.82) is 0 Å². The summed E-state index contributed by atoms with van der Waals surface area (Å²) in [5.74, 6) is 0.110. The Morgan fingerprint density at radius 2 is 1.77 bits per heavy atom. The molecule has 0 atom stereocenters. The van der Waals surface area contributed by atoms with Crippen molar-refractivity contribution < 1.29 is 9.50 Å². The van der Waals surface area contributed by atoms with Gasteiger partial charge in [-0.2, -0.15) is 10.2 Å². The molecule has 5 heterocycles. The average Bonchev–Trinajstić information content (AvgIpc) is 3.21. The van der Waals surface area contributed by atoms with Gasteiger partial charge in [0, 0.05) is 48.6 Å². The molecule has 4 aromatic rings. The Balaban J connectivity index is 1.16. The third-order valence-corrected chi connectivity index (χ3v) is 7.45. The maximum atomic E-state index is 14.5. The van der Waals surface area contributed by atoms with Crippen LogP contribution in [0.4, 0.5) is 4.39 Å². The molecule has 2 aliphatic rings. The van der Waals surface area contributed by atoms with Crippen molar-refractivity contribution >= 4 is 5.65 Å². The molecule has 2 aliphatic heterocycles. The second kappa shape index (κ2) is 8.70. The van der Waals surface area contributed by atoms with Gasteiger partial charge in [0.05, 0.1) is 17.1 Å². The molecule has 1 aromatic carbocycles. The SMILES string of the molecule is Cc1cn2cc(-c3ccc(-c4ccc(C5CN(C6CCN(C)CC6)C5)nn4)c(O)c3)cc(F)c2n1. The number of fused-ring (bicyclic) bond motifs is 1. The van der Waals surface area contributed by atoms with Gasteiger partial charge in [-0.1, -0.05) is 6.07 Å². The molecular weight excluding hydrogens is 443 g/mol. The third-order valence-electron chi connectivity index (χ3n) is 7.45. The number of phenols is 1. The molecule has 6 rings (SSSR count). The molecule has 7 nitrogen and oxygen atoms in total. The average molecular weight is 473 g/mol. The maximum Gasteiger partial charge on any atom is 0.173 e. The van der Waals surface area contributed by atoms with Crippen LogP contribution in [0, 0.1) is 12.7 Å². The zero-order valence-electron chi connectivity index (χ0n) is 20.0. The van der Waals surface area contributed by atoms with E-state index in [-0.39, 0.29) is 5.75 Å². The number of rotatable bonds is 4. The number of pyridine rings is 1. The topological polar surface area (TPSA) is 69.8 Å². The van der Waals surface area contributed by atoms with Crippen molar-refractivity contribution in [3.63, 3.8) is 0 Å². The van der Waals surface area contributed by atoms with E-state index in [0.29, 0.717) is 40.0 Å². The number of imidazole rings is 1. The van der Waals surface area contributed by atoms with E-state index in [4.69, 9.17) is 0 Å². The van der Waals surface area contributed by atoms with Gasteiger partial charge in [-0.3, -0.25) is 4.90 Å². The van der Waals surface area contributed by atoms with Gasteiger partial charge in [0.15, 0.2) is 11.5 Å². The molecule has 2 fully saturated rings. The molecular formula is C27H29FN6O. The fraction of sp³-hybridized carbons (Fsp3) is 0.370. The van der Waals surface area contributed by atoms with Gasteiger partial charge in [0.2, 0.25) is 0 Å². The van der Waals surface area contributed by atoms with Crippen LogP contribution >= 0.6 is 0 Å². The number of piperidine rings is 1. The molecule has 0 spiro atoms. The van der Waals surface area contributed by atoms with Crippen LogP contribution in [0.5, 0.6) is 5.75 Å². The second-order valence-corrected chi connectivity index (χ2v) is 9.95. The van der Waals surface area contributed by atoms with E-state index in [9.17, 15) is 9.50 Å². The van der Waals surface area contributed by atoms with Gasteiger partial charge in [-0.05, 0) is 75.8 Å². The molecule has 0 saturated carbocycles. The summed E-state index contributed by atoms with van der Waals surface area (Å²) >= 11 is 0. The van der Waals surface area contributed by atoms with Gasteiger partial charge in [0.1, 0.15) is 5.75 Å². The number of benzene rings is 1. The normalized spacial score (nSPS) is 18.3. The maximum absolute atomic E-state index is 14.5. The van der Waals surface area contributed by atoms with Gasteiger partial charge in [0.25, 0.3) is 0 Å². The number of halogens is 1. The van der Waals surface area contributed by atoms with E-state index in [1.807, 2.05) is 31.3 Å². The van der Waals surface area contributed by atoms with Crippen molar-refractivity contribution in [2.75, 3.05) is 33.2 Å². The first-order chi connectivity index (χ1) is 16.9. The molecule has 35 heavy (non-hydrogen) atoms. The third kappa shape index (κ3) is 4.17. The Morgan fingerprint density at radius 1 is 0.971 bits per heavy atom. The lowest BCUT2D eigenvalue weighted by Gasteiger charge is -2.46. The van der Waals surface area contributed by atoms with Crippen LogP contribution < -0.4 is 0 Å². The Hall–Kier alpha value is -3.36. The van der Waals surface area contributed by atoms with E-state index in [2.05, 4.69) is 32.0 Å². The minimum atomic E-state index is -0.397. The van der Waals surface area contributed by atoms with E-state index in [1.165, 1.54) is 32.0 Å². The molecule has 180 valence electrons. The lowest BCUT2D eigenvalue weighted by molar-refractivity contribution is 0.0510. The molecule has 3 aromatic heterocycles. The summed E-state index contributed by atoms with van der Waals surface area (Å²) in [4.78, 5) is 9.17. The Morgan fingerprint density at radius 3 is 2.49 bits per heavy atom. The molecule has 8 heteroatoms. The van der Waals surface area contributed by atoms with Gasteiger partial charge >= 0.3 is 0 Å². The van der Waals surface area contributed by atoms with E-state index in [0.717, 1.165) is 24.5 Å². The highest BCUT2D eigenvalue weighted by Gasteiger charge is 2.35. The largest absolute Gasteiger partial charge is 0.507 e. The van der Waals surface area contributed by atoms with Crippen LogP contribution in [-0.4, -0.2) is 73.8 Å². The lowest BCUT2D eigenvalue weighted by Crippen LogP contribution is -2.53. The Labute approximate surface area is 203 Å². The zero-order valence-corrected chi connectivity index (χ0v) is 20.0. The number of aryl methyl sites for hydroxylation is 1. The smallest absolute Gasteiger partial charge is 0.173 e. The lowest BCUT2D eigenvalue weighted by atomic mass is 9.91. The fourth-order valence-electron chi connectivity index (χ4n) is 5.33. The van der Waals surface area contributed by atoms with Crippen LogP contribution in [0.15, 0.2) is 48.8 Å². The minimum absolute atomic E-state index is 0.0870. The van der Waals surface area contributed by atoms with Crippen LogP contribution in [0.3, 0.4) is 0 Å². The summed E-state index contributed by atoms with van der Waals surface area (Å²) in [6, 6.07) is 11.4. The number of hydrogen-bond donors (Lipinski definition) is 1. The minimum Gasteiger partial charge on any atom is -0.507 e. The quantitative estimate of drug-likeness (QED) is 0.482.